The first-order valence-electron chi connectivity index (χ1n) is 6.86. The molecule has 0 unspecified atom stereocenters. The van der Waals surface area contributed by atoms with Gasteiger partial charge in [-0.3, -0.25) is 0 Å². The molecule has 0 bridgehead atoms. The van der Waals surface area contributed by atoms with Crippen molar-refractivity contribution in [1.29, 1.82) is 0 Å². The quantitative estimate of drug-likeness (QED) is 0.769. The second-order valence-electron chi connectivity index (χ2n) is 5.37. The maximum atomic E-state index is 6.27. The van der Waals surface area contributed by atoms with Crippen LogP contribution in [0.4, 0.5) is 5.69 Å². The van der Waals surface area contributed by atoms with E-state index in [0.717, 1.165) is 13.0 Å². The zero-order valence-corrected chi connectivity index (χ0v) is 11.0. The highest BCUT2D eigenvalue weighted by molar-refractivity contribution is 5.65. The third-order valence-electron chi connectivity index (χ3n) is 4.56. The van der Waals surface area contributed by atoms with Gasteiger partial charge in [0.25, 0.3) is 0 Å². The Morgan fingerprint density at radius 1 is 1.05 bits per heavy atom. The van der Waals surface area contributed by atoms with Gasteiger partial charge in [0, 0.05) is 24.2 Å². The average Bonchev–Trinajstić information content (AvgIpc) is 3.01. The van der Waals surface area contributed by atoms with Crippen LogP contribution in [-0.4, -0.2) is 13.7 Å². The topological polar surface area (TPSA) is 12.5 Å². The summed E-state index contributed by atoms with van der Waals surface area (Å²) in [5.74, 6) is 0.441. The van der Waals surface area contributed by atoms with Crippen molar-refractivity contribution in [3.63, 3.8) is 0 Å². The number of nitrogens with zero attached hydrogens (tertiary/aromatic N) is 1. The van der Waals surface area contributed by atoms with E-state index in [1.54, 1.807) is 0 Å². The first-order valence-corrected chi connectivity index (χ1v) is 6.86. The molecule has 0 spiro atoms. The summed E-state index contributed by atoms with van der Waals surface area (Å²) >= 11 is 0. The van der Waals surface area contributed by atoms with E-state index in [0.29, 0.717) is 5.92 Å². The van der Waals surface area contributed by atoms with Crippen LogP contribution in [0.25, 0.3) is 0 Å². The van der Waals surface area contributed by atoms with E-state index in [9.17, 15) is 0 Å². The van der Waals surface area contributed by atoms with Gasteiger partial charge in [-0.25, -0.2) is 0 Å². The van der Waals surface area contributed by atoms with Gasteiger partial charge in [0.15, 0.2) is 5.72 Å². The summed E-state index contributed by atoms with van der Waals surface area (Å²) in [5, 5.41) is 0. The summed E-state index contributed by atoms with van der Waals surface area (Å²) in [7, 11) is 2.15. The second kappa shape index (κ2) is 3.84. The molecular weight excluding hydrogens is 234 g/mol. The van der Waals surface area contributed by atoms with Gasteiger partial charge in [0.2, 0.25) is 0 Å². The van der Waals surface area contributed by atoms with Crippen LogP contribution < -0.4 is 4.90 Å². The maximum Gasteiger partial charge on any atom is 0.174 e. The van der Waals surface area contributed by atoms with E-state index in [1.807, 2.05) is 0 Å². The van der Waals surface area contributed by atoms with Crippen molar-refractivity contribution in [2.24, 2.45) is 0 Å². The highest BCUT2D eigenvalue weighted by atomic mass is 16.5. The van der Waals surface area contributed by atoms with Crippen LogP contribution >= 0.6 is 0 Å². The van der Waals surface area contributed by atoms with E-state index in [2.05, 4.69) is 66.5 Å². The Kier molecular flexibility index (Phi) is 2.24. The lowest BCUT2D eigenvalue weighted by Crippen LogP contribution is -2.42. The molecule has 0 amide bonds. The fourth-order valence-electron chi connectivity index (χ4n) is 3.75. The highest BCUT2D eigenvalue weighted by Gasteiger charge is 2.55. The van der Waals surface area contributed by atoms with Gasteiger partial charge in [-0.05, 0) is 18.1 Å². The summed E-state index contributed by atoms with van der Waals surface area (Å²) in [4.78, 5) is 2.31. The largest absolute Gasteiger partial charge is 0.351 e. The molecule has 1 saturated heterocycles. The number of ether oxygens (including phenoxy) is 1. The molecular formula is C17H17NO. The van der Waals surface area contributed by atoms with Crippen molar-refractivity contribution in [2.75, 3.05) is 18.6 Å². The summed E-state index contributed by atoms with van der Waals surface area (Å²) < 4.78 is 6.27. The Hall–Kier alpha value is -1.80. The van der Waals surface area contributed by atoms with Crippen LogP contribution in [0.2, 0.25) is 0 Å². The van der Waals surface area contributed by atoms with E-state index >= 15 is 0 Å². The fraction of sp³-hybridized carbons (Fsp3) is 0.294. The predicted octanol–water partition coefficient (Wildman–Crippen LogP) is 3.49. The molecule has 2 heterocycles. The Bertz CT molecular complexity index is 610. The molecule has 96 valence electrons. The third-order valence-corrected chi connectivity index (χ3v) is 4.56. The van der Waals surface area contributed by atoms with Crippen LogP contribution in [0.1, 0.15) is 23.5 Å². The molecule has 2 aromatic rings. The van der Waals surface area contributed by atoms with Crippen LogP contribution in [0, 0.1) is 0 Å². The Balaban J connectivity index is 1.94. The molecule has 0 saturated carbocycles. The normalized spacial score (nSPS) is 28.3. The van der Waals surface area contributed by atoms with Gasteiger partial charge in [-0.15, -0.1) is 0 Å². The molecule has 2 aliphatic heterocycles. The van der Waals surface area contributed by atoms with E-state index in [-0.39, 0.29) is 5.72 Å². The number of hydrogen-bond donors (Lipinski definition) is 0. The number of likely N-dealkylation sites (N-methyl/N-ethyl adjacent to an activating group) is 1. The number of hydrogen-bond acceptors (Lipinski definition) is 2. The van der Waals surface area contributed by atoms with Crippen LogP contribution in [0.3, 0.4) is 0 Å². The molecule has 2 atom stereocenters. The monoisotopic (exact) mass is 251 g/mol. The van der Waals surface area contributed by atoms with Crippen molar-refractivity contribution in [3.05, 3.63) is 65.7 Å². The minimum Gasteiger partial charge on any atom is -0.351 e. The van der Waals surface area contributed by atoms with Gasteiger partial charge in [0.1, 0.15) is 0 Å². The molecule has 0 aliphatic carbocycles. The van der Waals surface area contributed by atoms with Gasteiger partial charge < -0.3 is 9.64 Å². The number of fused-ring (bicyclic) bond motifs is 3. The van der Waals surface area contributed by atoms with Crippen LogP contribution in [0.5, 0.6) is 0 Å². The number of rotatable bonds is 1. The maximum absolute atomic E-state index is 6.27. The lowest BCUT2D eigenvalue weighted by atomic mass is 9.86. The van der Waals surface area contributed by atoms with E-state index in [1.165, 1.54) is 16.8 Å². The first-order chi connectivity index (χ1) is 9.34. The number of benzene rings is 2. The summed E-state index contributed by atoms with van der Waals surface area (Å²) in [6.45, 7) is 0.832. The molecule has 4 rings (SSSR count). The lowest BCUT2D eigenvalue weighted by molar-refractivity contribution is -0.00200. The molecule has 0 radical (unpaired) electrons. The zero-order valence-electron chi connectivity index (χ0n) is 11.0. The van der Waals surface area contributed by atoms with Gasteiger partial charge in [0.05, 0.1) is 6.61 Å². The predicted molar refractivity (Wildman–Crippen MR) is 76.3 cm³/mol. The average molecular weight is 251 g/mol. The second-order valence-corrected chi connectivity index (χ2v) is 5.37. The van der Waals surface area contributed by atoms with Crippen molar-refractivity contribution in [3.8, 4) is 0 Å². The van der Waals surface area contributed by atoms with Crippen molar-refractivity contribution in [2.45, 2.75) is 18.1 Å². The fourth-order valence-corrected chi connectivity index (χ4v) is 3.75. The Morgan fingerprint density at radius 3 is 2.63 bits per heavy atom. The molecule has 1 fully saturated rings. The highest BCUT2D eigenvalue weighted by Crippen LogP contribution is 2.57. The van der Waals surface area contributed by atoms with Crippen molar-refractivity contribution >= 4 is 5.69 Å². The molecule has 19 heavy (non-hydrogen) atoms. The minimum absolute atomic E-state index is 0.301. The van der Waals surface area contributed by atoms with Crippen LogP contribution in [0.15, 0.2) is 54.6 Å². The van der Waals surface area contributed by atoms with Crippen molar-refractivity contribution in [1.82, 2.24) is 0 Å². The first kappa shape index (κ1) is 11.1. The smallest absolute Gasteiger partial charge is 0.174 e. The molecule has 2 nitrogen and oxygen atoms in total. The van der Waals surface area contributed by atoms with Gasteiger partial charge in [-0.2, -0.15) is 0 Å². The van der Waals surface area contributed by atoms with Crippen molar-refractivity contribution < 1.29 is 4.74 Å². The number of para-hydroxylation sites is 1. The third kappa shape index (κ3) is 1.30. The summed E-state index contributed by atoms with van der Waals surface area (Å²) in [5.41, 5.74) is 3.68. The van der Waals surface area contributed by atoms with E-state index in [4.69, 9.17) is 4.74 Å². The Labute approximate surface area is 113 Å². The van der Waals surface area contributed by atoms with Gasteiger partial charge >= 0.3 is 0 Å². The Morgan fingerprint density at radius 2 is 1.79 bits per heavy atom. The van der Waals surface area contributed by atoms with Crippen LogP contribution in [-0.2, 0) is 10.5 Å². The standard InChI is InChI=1S/C17H17NO/c1-18-16-10-6-5-9-14(16)15-11-12-19-17(15,18)13-7-3-2-4-8-13/h2-10,15H,11-12H2,1H3/t15-,17+/m0/s1. The molecule has 2 aliphatic rings. The van der Waals surface area contributed by atoms with Gasteiger partial charge in [-0.1, -0.05) is 48.5 Å². The zero-order chi connectivity index (χ0) is 12.9. The molecule has 0 N–H and O–H groups in total. The lowest BCUT2D eigenvalue weighted by Gasteiger charge is -2.37. The SMILES string of the molecule is CN1c2ccccc2[C@@H]2CCO[C@]21c1ccccc1. The molecule has 2 aromatic carbocycles. The number of anilines is 1. The van der Waals surface area contributed by atoms with E-state index < -0.39 is 0 Å². The summed E-state index contributed by atoms with van der Waals surface area (Å²) in [6, 6.07) is 19.3. The summed E-state index contributed by atoms with van der Waals surface area (Å²) in [6.07, 6.45) is 1.09. The molecule has 0 aromatic heterocycles. The minimum atomic E-state index is -0.301. The molecule has 2 heteroatoms.